The Hall–Kier alpha value is -2.95. The maximum atomic E-state index is 12.1. The molecule has 5 nitrogen and oxygen atoms in total. The van der Waals surface area contributed by atoms with Gasteiger partial charge in [-0.05, 0) is 47.6 Å². The number of carbonyl (C=O) groups excluding carboxylic acids is 2. The monoisotopic (exact) mass is 379 g/mol. The molecule has 0 bridgehead atoms. The van der Waals surface area contributed by atoms with Gasteiger partial charge in [0.15, 0.2) is 0 Å². The summed E-state index contributed by atoms with van der Waals surface area (Å²) in [7, 11) is 0. The second-order valence-electron chi connectivity index (χ2n) is 8.03. The number of hydrazone groups is 1. The molecule has 2 aromatic rings. The second-order valence-corrected chi connectivity index (χ2v) is 8.03. The number of hydrogen-bond donors (Lipinski definition) is 2. The number of amides is 2. The molecule has 0 atom stereocenters. The lowest BCUT2D eigenvalue weighted by Gasteiger charge is -2.18. The first-order valence-electron chi connectivity index (χ1n) is 9.45. The first kappa shape index (κ1) is 21.4. The van der Waals surface area contributed by atoms with Crippen molar-refractivity contribution in [1.29, 1.82) is 0 Å². The van der Waals surface area contributed by atoms with Crippen LogP contribution in [0, 0.1) is 13.8 Å². The maximum absolute atomic E-state index is 12.1. The second kappa shape index (κ2) is 9.31. The van der Waals surface area contributed by atoms with Crippen LogP contribution >= 0.6 is 0 Å². The van der Waals surface area contributed by atoms with Crippen molar-refractivity contribution >= 4 is 23.7 Å². The van der Waals surface area contributed by atoms with E-state index in [1.165, 1.54) is 5.56 Å². The van der Waals surface area contributed by atoms with Crippen LogP contribution in [0.2, 0.25) is 0 Å². The largest absolute Gasteiger partial charge is 0.326 e. The van der Waals surface area contributed by atoms with Gasteiger partial charge in [-0.3, -0.25) is 9.59 Å². The molecule has 0 saturated carbocycles. The predicted molar refractivity (Wildman–Crippen MR) is 115 cm³/mol. The van der Waals surface area contributed by atoms with Gasteiger partial charge in [0.1, 0.15) is 0 Å². The van der Waals surface area contributed by atoms with Crippen molar-refractivity contribution < 1.29 is 9.59 Å². The smallest absolute Gasteiger partial charge is 0.240 e. The topological polar surface area (TPSA) is 70.6 Å². The number of nitrogens with zero attached hydrogens (tertiary/aromatic N) is 1. The fourth-order valence-electron chi connectivity index (χ4n) is 2.61. The molecular formula is C23H29N3O2. The average Bonchev–Trinajstić information content (AvgIpc) is 2.63. The average molecular weight is 380 g/mol. The summed E-state index contributed by atoms with van der Waals surface area (Å²) in [5.41, 5.74) is 7.55. The molecular weight excluding hydrogens is 350 g/mol. The fourth-order valence-corrected chi connectivity index (χ4v) is 2.61. The third-order valence-electron chi connectivity index (χ3n) is 4.43. The summed E-state index contributed by atoms with van der Waals surface area (Å²) in [5, 5.41) is 6.81. The van der Waals surface area contributed by atoms with Gasteiger partial charge in [0.05, 0.1) is 6.21 Å². The van der Waals surface area contributed by atoms with Crippen LogP contribution in [-0.2, 0) is 15.0 Å². The van der Waals surface area contributed by atoms with E-state index in [1.54, 1.807) is 6.21 Å². The van der Waals surface area contributed by atoms with Gasteiger partial charge in [0.25, 0.3) is 0 Å². The first-order chi connectivity index (χ1) is 13.1. The summed E-state index contributed by atoms with van der Waals surface area (Å²) in [6.07, 6.45) is 1.78. The summed E-state index contributed by atoms with van der Waals surface area (Å²) in [4.78, 5) is 24.0. The molecule has 0 aliphatic rings. The zero-order chi connectivity index (χ0) is 20.7. The van der Waals surface area contributed by atoms with Crippen LogP contribution in [0.15, 0.2) is 47.6 Å². The van der Waals surface area contributed by atoms with Crippen LogP contribution < -0.4 is 10.7 Å². The SMILES string of the molecule is Cc1ccc(C)c(NC(=O)CCC(=O)NN=Cc2ccc(C(C)(C)C)cc2)c1. The quantitative estimate of drug-likeness (QED) is 0.574. The van der Waals surface area contributed by atoms with E-state index in [0.29, 0.717) is 0 Å². The van der Waals surface area contributed by atoms with E-state index >= 15 is 0 Å². The lowest BCUT2D eigenvalue weighted by Crippen LogP contribution is -2.21. The highest BCUT2D eigenvalue weighted by molar-refractivity contribution is 5.94. The molecule has 148 valence electrons. The van der Waals surface area contributed by atoms with Gasteiger partial charge in [-0.15, -0.1) is 0 Å². The third-order valence-corrected chi connectivity index (χ3v) is 4.43. The Morgan fingerprint density at radius 2 is 1.61 bits per heavy atom. The van der Waals surface area contributed by atoms with Crippen LogP contribution in [0.1, 0.15) is 55.9 Å². The van der Waals surface area contributed by atoms with Gasteiger partial charge in [-0.1, -0.05) is 57.2 Å². The van der Waals surface area contributed by atoms with E-state index < -0.39 is 0 Å². The zero-order valence-electron chi connectivity index (χ0n) is 17.3. The minimum atomic E-state index is -0.293. The zero-order valence-corrected chi connectivity index (χ0v) is 17.3. The molecule has 5 heteroatoms. The molecule has 2 aromatic carbocycles. The summed E-state index contributed by atoms with van der Waals surface area (Å²) >= 11 is 0. The van der Waals surface area contributed by atoms with Crippen LogP contribution in [0.25, 0.3) is 0 Å². The predicted octanol–water partition coefficient (Wildman–Crippen LogP) is 4.47. The van der Waals surface area contributed by atoms with Crippen LogP contribution in [0.4, 0.5) is 5.69 Å². The lowest BCUT2D eigenvalue weighted by molar-refractivity contribution is -0.124. The molecule has 0 aromatic heterocycles. The first-order valence-corrected chi connectivity index (χ1v) is 9.45. The van der Waals surface area contributed by atoms with Gasteiger partial charge >= 0.3 is 0 Å². The number of benzene rings is 2. The molecule has 0 saturated heterocycles. The van der Waals surface area contributed by atoms with Crippen LogP contribution in [-0.4, -0.2) is 18.0 Å². The molecule has 0 aliphatic heterocycles. The number of rotatable bonds is 6. The van der Waals surface area contributed by atoms with Crippen molar-refractivity contribution in [3.8, 4) is 0 Å². The molecule has 0 aliphatic carbocycles. The van der Waals surface area contributed by atoms with Crippen molar-refractivity contribution in [2.75, 3.05) is 5.32 Å². The van der Waals surface area contributed by atoms with Gasteiger partial charge < -0.3 is 5.32 Å². The Labute approximate surface area is 167 Å². The highest BCUT2D eigenvalue weighted by atomic mass is 16.2. The van der Waals surface area contributed by atoms with E-state index in [-0.39, 0.29) is 30.1 Å². The summed E-state index contributed by atoms with van der Waals surface area (Å²) in [5.74, 6) is -0.482. The summed E-state index contributed by atoms with van der Waals surface area (Å²) in [6.45, 7) is 10.4. The van der Waals surface area contributed by atoms with Gasteiger partial charge in [-0.25, -0.2) is 5.43 Å². The van der Waals surface area contributed by atoms with Crippen LogP contribution in [0.3, 0.4) is 0 Å². The van der Waals surface area contributed by atoms with E-state index in [0.717, 1.165) is 22.4 Å². The van der Waals surface area contributed by atoms with Crippen molar-refractivity contribution in [3.05, 3.63) is 64.7 Å². The molecule has 2 amide bonds. The maximum Gasteiger partial charge on any atom is 0.240 e. The fraction of sp³-hybridized carbons (Fsp3) is 0.348. The standard InChI is InChI=1S/C23H29N3O2/c1-16-6-7-17(2)20(14-16)25-21(27)12-13-22(28)26-24-15-18-8-10-19(11-9-18)23(3,4)5/h6-11,14-15H,12-13H2,1-5H3,(H,25,27)(H,26,28). The lowest BCUT2D eigenvalue weighted by atomic mass is 9.87. The highest BCUT2D eigenvalue weighted by Gasteiger charge is 2.12. The van der Waals surface area contributed by atoms with E-state index in [1.807, 2.05) is 44.2 Å². The van der Waals surface area contributed by atoms with Gasteiger partial charge in [-0.2, -0.15) is 5.10 Å². The molecule has 2 N–H and O–H groups in total. The van der Waals surface area contributed by atoms with E-state index in [9.17, 15) is 9.59 Å². The van der Waals surface area contributed by atoms with Gasteiger partial charge in [0, 0.05) is 18.5 Å². The number of carbonyl (C=O) groups is 2. The molecule has 0 fully saturated rings. The number of aryl methyl sites for hydroxylation is 2. The molecule has 0 spiro atoms. The molecule has 0 radical (unpaired) electrons. The Bertz CT molecular complexity index is 862. The Kier molecular flexibility index (Phi) is 7.10. The minimum absolute atomic E-state index is 0.0804. The molecule has 0 heterocycles. The Balaban J connectivity index is 1.78. The minimum Gasteiger partial charge on any atom is -0.326 e. The number of hydrogen-bond acceptors (Lipinski definition) is 3. The van der Waals surface area contributed by atoms with E-state index in [2.05, 4.69) is 48.7 Å². The normalized spacial score (nSPS) is 11.5. The summed E-state index contributed by atoms with van der Waals surface area (Å²) < 4.78 is 0. The van der Waals surface area contributed by atoms with Crippen molar-refractivity contribution in [1.82, 2.24) is 5.43 Å². The summed E-state index contributed by atoms with van der Waals surface area (Å²) in [6, 6.07) is 13.9. The molecule has 0 unspecified atom stereocenters. The van der Waals surface area contributed by atoms with Gasteiger partial charge in [0.2, 0.25) is 11.8 Å². The highest BCUT2D eigenvalue weighted by Crippen LogP contribution is 2.21. The number of anilines is 1. The van der Waals surface area contributed by atoms with E-state index in [4.69, 9.17) is 0 Å². The van der Waals surface area contributed by atoms with Crippen molar-refractivity contribution in [2.24, 2.45) is 5.10 Å². The third kappa shape index (κ3) is 6.65. The molecule has 2 rings (SSSR count). The number of nitrogens with one attached hydrogen (secondary N) is 2. The van der Waals surface area contributed by atoms with Crippen molar-refractivity contribution in [3.63, 3.8) is 0 Å². The molecule has 28 heavy (non-hydrogen) atoms. The van der Waals surface area contributed by atoms with Crippen LogP contribution in [0.5, 0.6) is 0 Å². The van der Waals surface area contributed by atoms with Crippen molar-refractivity contribution in [2.45, 2.75) is 52.9 Å². The Morgan fingerprint density at radius 1 is 0.964 bits per heavy atom. The Morgan fingerprint density at radius 3 is 2.25 bits per heavy atom.